The molecule has 1 atom stereocenters. The van der Waals surface area contributed by atoms with Gasteiger partial charge in [0.2, 0.25) is 5.91 Å². The third-order valence-electron chi connectivity index (χ3n) is 5.65. The minimum atomic E-state index is -0.242. The average molecular weight is 403 g/mol. The van der Waals surface area contributed by atoms with Gasteiger partial charge in [-0.15, -0.1) is 0 Å². The molecule has 8 heteroatoms. The Labute approximate surface area is 171 Å². The van der Waals surface area contributed by atoms with Crippen LogP contribution in [0.1, 0.15) is 31.6 Å². The second-order valence-corrected chi connectivity index (χ2v) is 8.55. The fourth-order valence-corrected chi connectivity index (χ4v) is 4.04. The lowest BCUT2D eigenvalue weighted by Crippen LogP contribution is -2.49. The first-order valence-corrected chi connectivity index (χ1v) is 10.5. The van der Waals surface area contributed by atoms with E-state index in [0.717, 1.165) is 50.4 Å². The van der Waals surface area contributed by atoms with Crippen molar-refractivity contribution in [2.75, 3.05) is 51.7 Å². The molecule has 0 radical (unpaired) electrons. The van der Waals surface area contributed by atoms with Crippen LogP contribution in [0.5, 0.6) is 0 Å². The summed E-state index contributed by atoms with van der Waals surface area (Å²) in [6, 6.07) is 4.16. The predicted molar refractivity (Wildman–Crippen MR) is 113 cm³/mol. The van der Waals surface area contributed by atoms with E-state index in [4.69, 9.17) is 0 Å². The normalized spacial score (nSPS) is 19.9. The van der Waals surface area contributed by atoms with Gasteiger partial charge in [0.25, 0.3) is 0 Å². The Kier molecular flexibility index (Phi) is 5.74. The van der Waals surface area contributed by atoms with Crippen molar-refractivity contribution < 1.29 is 9.18 Å². The Morgan fingerprint density at radius 1 is 1.38 bits per heavy atom. The van der Waals surface area contributed by atoms with Gasteiger partial charge in [-0.25, -0.2) is 9.37 Å². The number of imidazole rings is 1. The minimum absolute atomic E-state index is 0.0410. The Balaban J connectivity index is 1.61. The van der Waals surface area contributed by atoms with E-state index in [1.165, 1.54) is 6.07 Å². The molecule has 1 saturated carbocycles. The highest BCUT2D eigenvalue weighted by atomic mass is 19.1. The monoisotopic (exact) mass is 402 g/mol. The zero-order chi connectivity index (χ0) is 20.5. The number of carbonyl (C=O) groups is 1. The van der Waals surface area contributed by atoms with Gasteiger partial charge in [0.15, 0.2) is 0 Å². The van der Waals surface area contributed by atoms with Crippen LogP contribution in [-0.4, -0.2) is 73.2 Å². The van der Waals surface area contributed by atoms with Crippen LogP contribution in [0, 0.1) is 5.82 Å². The molecule has 158 valence electrons. The molecule has 1 aromatic heterocycles. The van der Waals surface area contributed by atoms with E-state index in [0.29, 0.717) is 29.8 Å². The molecule has 2 heterocycles. The molecule has 0 bridgehead atoms. The second-order valence-electron chi connectivity index (χ2n) is 8.55. The van der Waals surface area contributed by atoms with Crippen molar-refractivity contribution in [3.63, 3.8) is 0 Å². The van der Waals surface area contributed by atoms with Gasteiger partial charge < -0.3 is 25.0 Å². The summed E-state index contributed by atoms with van der Waals surface area (Å²) in [5.41, 5.74) is 2.21. The predicted octanol–water partition coefficient (Wildman–Crippen LogP) is 1.53. The van der Waals surface area contributed by atoms with Crippen molar-refractivity contribution in [1.29, 1.82) is 0 Å². The van der Waals surface area contributed by atoms with Crippen LogP contribution in [0.3, 0.4) is 0 Å². The number of piperazine rings is 1. The van der Waals surface area contributed by atoms with E-state index in [1.807, 2.05) is 25.1 Å². The number of hydrogen-bond donors (Lipinski definition) is 2. The highest BCUT2D eigenvalue weighted by Gasteiger charge is 2.30. The molecule has 1 aliphatic carbocycles. The molecule has 1 aromatic carbocycles. The summed E-state index contributed by atoms with van der Waals surface area (Å²) in [6.45, 7) is 5.92. The Morgan fingerprint density at radius 2 is 2.17 bits per heavy atom. The third kappa shape index (κ3) is 4.53. The fourth-order valence-electron chi connectivity index (χ4n) is 4.04. The number of fused-ring (bicyclic) bond motifs is 1. The molecular formula is C21H31FN6O. The SMILES string of the molecule is CC1CN(c2cc3c(cc2F)nc(CC(=O)NCCN(C)C)n3C2CC2)CCN1. The molecule has 1 unspecified atom stereocenters. The van der Waals surface area contributed by atoms with Gasteiger partial charge in [0.1, 0.15) is 11.6 Å². The quantitative estimate of drug-likeness (QED) is 0.735. The van der Waals surface area contributed by atoms with Crippen molar-refractivity contribution in [2.45, 2.75) is 38.3 Å². The molecule has 2 N–H and O–H groups in total. The second kappa shape index (κ2) is 8.28. The van der Waals surface area contributed by atoms with Gasteiger partial charge in [-0.1, -0.05) is 0 Å². The number of nitrogens with one attached hydrogen (secondary N) is 2. The van der Waals surface area contributed by atoms with Crippen molar-refractivity contribution in [1.82, 2.24) is 25.1 Å². The number of nitrogens with zero attached hydrogens (tertiary/aromatic N) is 4. The number of likely N-dealkylation sites (N-methyl/N-ethyl adjacent to an activating group) is 1. The van der Waals surface area contributed by atoms with Crippen LogP contribution in [-0.2, 0) is 11.2 Å². The molecule has 2 aromatic rings. The number of hydrogen-bond acceptors (Lipinski definition) is 5. The number of carbonyl (C=O) groups excluding carboxylic acids is 1. The number of rotatable bonds is 7. The van der Waals surface area contributed by atoms with Gasteiger partial charge in [0.05, 0.1) is 23.1 Å². The van der Waals surface area contributed by atoms with Gasteiger partial charge in [-0.3, -0.25) is 4.79 Å². The maximum atomic E-state index is 14.9. The molecule has 0 spiro atoms. The summed E-state index contributed by atoms with van der Waals surface area (Å²) in [5, 5.41) is 6.35. The number of amides is 1. The zero-order valence-corrected chi connectivity index (χ0v) is 17.5. The van der Waals surface area contributed by atoms with Crippen molar-refractivity contribution in [3.8, 4) is 0 Å². The minimum Gasteiger partial charge on any atom is -0.366 e. The van der Waals surface area contributed by atoms with Crippen LogP contribution in [0.4, 0.5) is 10.1 Å². The summed E-state index contributed by atoms with van der Waals surface area (Å²) in [5.74, 6) is 0.449. The summed E-state index contributed by atoms with van der Waals surface area (Å²) < 4.78 is 17.1. The van der Waals surface area contributed by atoms with E-state index in [9.17, 15) is 9.18 Å². The Hall–Kier alpha value is -2.19. The lowest BCUT2D eigenvalue weighted by Gasteiger charge is -2.33. The van der Waals surface area contributed by atoms with E-state index < -0.39 is 0 Å². The first kappa shape index (κ1) is 20.1. The van der Waals surface area contributed by atoms with E-state index in [1.54, 1.807) is 0 Å². The molecule has 2 fully saturated rings. The number of benzene rings is 1. The third-order valence-corrected chi connectivity index (χ3v) is 5.65. The maximum Gasteiger partial charge on any atom is 0.227 e. The molecule has 4 rings (SSSR count). The summed E-state index contributed by atoms with van der Waals surface area (Å²) >= 11 is 0. The van der Waals surface area contributed by atoms with Crippen LogP contribution in [0.2, 0.25) is 0 Å². The lowest BCUT2D eigenvalue weighted by atomic mass is 10.2. The van der Waals surface area contributed by atoms with Gasteiger partial charge in [0, 0.05) is 50.9 Å². The lowest BCUT2D eigenvalue weighted by molar-refractivity contribution is -0.120. The molecule has 1 aliphatic heterocycles. The highest BCUT2D eigenvalue weighted by Crippen LogP contribution is 2.40. The van der Waals surface area contributed by atoms with Crippen molar-refractivity contribution in [3.05, 3.63) is 23.8 Å². The molecule has 7 nitrogen and oxygen atoms in total. The van der Waals surface area contributed by atoms with E-state index in [-0.39, 0.29) is 18.1 Å². The number of anilines is 1. The van der Waals surface area contributed by atoms with Crippen LogP contribution >= 0.6 is 0 Å². The Morgan fingerprint density at radius 3 is 2.86 bits per heavy atom. The molecule has 1 amide bonds. The van der Waals surface area contributed by atoms with Crippen molar-refractivity contribution >= 4 is 22.6 Å². The summed E-state index contributed by atoms with van der Waals surface area (Å²) in [7, 11) is 3.95. The van der Waals surface area contributed by atoms with Crippen LogP contribution in [0.15, 0.2) is 12.1 Å². The van der Waals surface area contributed by atoms with Gasteiger partial charge in [-0.05, 0) is 39.9 Å². The highest BCUT2D eigenvalue weighted by molar-refractivity contribution is 5.84. The molecule has 2 aliphatic rings. The van der Waals surface area contributed by atoms with Crippen LogP contribution < -0.4 is 15.5 Å². The van der Waals surface area contributed by atoms with Gasteiger partial charge >= 0.3 is 0 Å². The number of halogens is 1. The first-order valence-electron chi connectivity index (χ1n) is 10.5. The van der Waals surface area contributed by atoms with Gasteiger partial charge in [-0.2, -0.15) is 0 Å². The van der Waals surface area contributed by atoms with Crippen molar-refractivity contribution in [2.24, 2.45) is 0 Å². The first-order chi connectivity index (χ1) is 13.9. The molecule has 29 heavy (non-hydrogen) atoms. The molecular weight excluding hydrogens is 371 g/mol. The standard InChI is InChI=1S/C21H31FN6O/c1-14-13-27(9-7-23-14)18-11-19-17(10-16(18)22)25-20(28(19)15-4-5-15)12-21(29)24-6-8-26(2)3/h10-11,14-15,23H,4-9,12-13H2,1-3H3,(H,24,29). The van der Waals surface area contributed by atoms with E-state index in [2.05, 4.69) is 32.0 Å². The smallest absolute Gasteiger partial charge is 0.227 e. The maximum absolute atomic E-state index is 14.9. The summed E-state index contributed by atoms with van der Waals surface area (Å²) in [4.78, 5) is 21.2. The summed E-state index contributed by atoms with van der Waals surface area (Å²) in [6.07, 6.45) is 2.39. The largest absolute Gasteiger partial charge is 0.366 e. The zero-order valence-electron chi connectivity index (χ0n) is 17.5. The topological polar surface area (TPSA) is 65.4 Å². The van der Waals surface area contributed by atoms with Crippen LogP contribution in [0.25, 0.3) is 11.0 Å². The average Bonchev–Trinajstić information content (AvgIpc) is 3.43. The Bertz CT molecular complexity index is 891. The molecule has 1 saturated heterocycles. The fraction of sp³-hybridized carbons (Fsp3) is 0.619. The van der Waals surface area contributed by atoms with E-state index >= 15 is 0 Å². The number of aromatic nitrogens is 2.